The predicted molar refractivity (Wildman–Crippen MR) is 130 cm³/mol. The number of amides is 4. The summed E-state index contributed by atoms with van der Waals surface area (Å²) in [6.07, 6.45) is 4.05. The van der Waals surface area contributed by atoms with E-state index in [1.807, 2.05) is 37.3 Å². The van der Waals surface area contributed by atoms with Gasteiger partial charge < -0.3 is 16.0 Å². The number of hydrogen-bond donors (Lipinski definition) is 2. The van der Waals surface area contributed by atoms with Gasteiger partial charge in [-0.1, -0.05) is 37.3 Å². The molecule has 0 bridgehead atoms. The zero-order chi connectivity index (χ0) is 24.2. The Kier molecular flexibility index (Phi) is 6.87. The molecule has 1 aliphatic rings. The van der Waals surface area contributed by atoms with Gasteiger partial charge in [0, 0.05) is 18.6 Å². The van der Waals surface area contributed by atoms with Crippen LogP contribution in [0.2, 0.25) is 0 Å². The van der Waals surface area contributed by atoms with Crippen molar-refractivity contribution in [3.8, 4) is 0 Å². The fraction of sp³-hybridized carbons (Fsp3) is 0.292. The highest BCUT2D eigenvalue weighted by molar-refractivity contribution is 7.04. The first kappa shape index (κ1) is 23.4. The first-order valence-electron chi connectivity index (χ1n) is 11.0. The summed E-state index contributed by atoms with van der Waals surface area (Å²) in [7, 11) is 1.62. The molecule has 0 aliphatic carbocycles. The van der Waals surface area contributed by atoms with Gasteiger partial charge in [0.05, 0.1) is 23.8 Å². The van der Waals surface area contributed by atoms with Gasteiger partial charge >= 0.3 is 6.03 Å². The number of anilines is 2. The van der Waals surface area contributed by atoms with Crippen molar-refractivity contribution in [2.75, 3.05) is 17.7 Å². The molecule has 3 heterocycles. The van der Waals surface area contributed by atoms with Crippen molar-refractivity contribution >= 4 is 40.9 Å². The van der Waals surface area contributed by atoms with Crippen LogP contribution in [0, 0.1) is 5.92 Å². The van der Waals surface area contributed by atoms with Gasteiger partial charge in [0.1, 0.15) is 11.9 Å². The van der Waals surface area contributed by atoms with Crippen molar-refractivity contribution in [2.45, 2.75) is 31.8 Å². The van der Waals surface area contributed by atoms with E-state index < -0.39 is 23.9 Å². The highest BCUT2D eigenvalue weighted by Gasteiger charge is 2.55. The molecule has 2 aromatic heterocycles. The van der Waals surface area contributed by atoms with Crippen LogP contribution in [-0.4, -0.2) is 45.2 Å². The summed E-state index contributed by atoms with van der Waals surface area (Å²) >= 11 is 1.22. The molecule has 3 atom stereocenters. The number of likely N-dealkylation sites (N-methyl/N-ethyl adjacent to an activating group) is 1. The van der Waals surface area contributed by atoms with Gasteiger partial charge in [-0.15, -0.1) is 0 Å². The second-order valence-corrected chi connectivity index (χ2v) is 8.81. The number of rotatable bonds is 7. The molecule has 9 nitrogen and oxygen atoms in total. The maximum absolute atomic E-state index is 13.5. The number of nitrogens with one attached hydrogen (secondary N) is 1. The van der Waals surface area contributed by atoms with Crippen molar-refractivity contribution in [2.24, 2.45) is 5.92 Å². The Bertz CT molecular complexity index is 1170. The molecule has 34 heavy (non-hydrogen) atoms. The topological polar surface area (TPSA) is 122 Å². The van der Waals surface area contributed by atoms with Crippen molar-refractivity contribution in [1.82, 2.24) is 19.6 Å². The molecule has 4 amide bonds. The number of nitrogens with zero attached hydrogens (tertiary/aromatic N) is 4. The van der Waals surface area contributed by atoms with Gasteiger partial charge in [0.15, 0.2) is 0 Å². The molecule has 4 rings (SSSR count). The normalized spacial score (nSPS) is 18.2. The van der Waals surface area contributed by atoms with E-state index in [1.54, 1.807) is 37.0 Å². The average Bonchev–Trinajstić information content (AvgIpc) is 3.39. The van der Waals surface area contributed by atoms with Crippen LogP contribution < -0.4 is 16.0 Å². The summed E-state index contributed by atoms with van der Waals surface area (Å²) in [4.78, 5) is 46.3. The van der Waals surface area contributed by atoms with Gasteiger partial charge in [-0.05, 0) is 47.6 Å². The van der Waals surface area contributed by atoms with Crippen molar-refractivity contribution in [3.05, 3.63) is 71.4 Å². The van der Waals surface area contributed by atoms with Crippen molar-refractivity contribution < 1.29 is 14.4 Å². The van der Waals surface area contributed by atoms with Crippen LogP contribution in [0.5, 0.6) is 0 Å². The number of pyridine rings is 1. The molecule has 0 radical (unpaired) electrons. The fourth-order valence-corrected chi connectivity index (χ4v) is 4.70. The van der Waals surface area contributed by atoms with Crippen LogP contribution in [0.1, 0.15) is 30.5 Å². The van der Waals surface area contributed by atoms with Crippen LogP contribution >= 0.6 is 11.5 Å². The standard InChI is InChI=1S/C24H26N6O3S/c1-3-19(16-7-5-4-6-8-16)28-24(33)30-21(23(32)29(2)17-13-27-34-14-17)18(22(30)31)11-15-9-10-26-20(25)12-15/h4-10,12-14,18-19,21H,3,11H2,1-2H3,(H2,25,26)(H,28,33)/t18?,19-,21+/m1/s1. The van der Waals surface area contributed by atoms with Crippen LogP contribution in [0.15, 0.2) is 60.2 Å². The highest BCUT2D eigenvalue weighted by Crippen LogP contribution is 2.33. The summed E-state index contributed by atoms with van der Waals surface area (Å²) in [5.74, 6) is -1.11. The number of urea groups is 1. The van der Waals surface area contributed by atoms with Crippen molar-refractivity contribution in [1.29, 1.82) is 0 Å². The Balaban J connectivity index is 1.58. The Hall–Kier alpha value is -3.79. The van der Waals surface area contributed by atoms with E-state index in [4.69, 9.17) is 5.73 Å². The van der Waals surface area contributed by atoms with Crippen LogP contribution in [0.4, 0.5) is 16.3 Å². The quantitative estimate of drug-likeness (QED) is 0.504. The van der Waals surface area contributed by atoms with Crippen LogP contribution in [-0.2, 0) is 16.0 Å². The average molecular weight is 479 g/mol. The molecule has 1 aromatic carbocycles. The molecule has 176 valence electrons. The second-order valence-electron chi connectivity index (χ2n) is 8.15. The lowest BCUT2D eigenvalue weighted by Gasteiger charge is -2.46. The summed E-state index contributed by atoms with van der Waals surface area (Å²) < 4.78 is 4.05. The first-order chi connectivity index (χ1) is 16.4. The number of likely N-dealkylation sites (tertiary alicyclic amines) is 1. The van der Waals surface area contributed by atoms with E-state index in [-0.39, 0.29) is 18.4 Å². The molecule has 1 saturated heterocycles. The van der Waals surface area contributed by atoms with E-state index in [2.05, 4.69) is 14.7 Å². The number of nitrogen functional groups attached to an aromatic ring is 1. The third-order valence-corrected chi connectivity index (χ3v) is 6.61. The van der Waals surface area contributed by atoms with E-state index in [9.17, 15) is 14.4 Å². The van der Waals surface area contributed by atoms with Gasteiger partial charge in [0.25, 0.3) is 5.91 Å². The summed E-state index contributed by atoms with van der Waals surface area (Å²) in [5.41, 5.74) is 8.10. The minimum atomic E-state index is -0.944. The minimum absolute atomic E-state index is 0.275. The third-order valence-electron chi connectivity index (χ3n) is 6.03. The smallest absolute Gasteiger partial charge is 0.325 e. The molecular formula is C24H26N6O3S. The monoisotopic (exact) mass is 478 g/mol. The maximum Gasteiger partial charge on any atom is 0.325 e. The number of imide groups is 1. The lowest BCUT2D eigenvalue weighted by molar-refractivity contribution is -0.156. The molecule has 0 spiro atoms. The fourth-order valence-electron chi connectivity index (χ4n) is 4.15. The number of nitrogens with two attached hydrogens (primary N) is 1. The molecule has 1 unspecified atom stereocenters. The first-order valence-corrected chi connectivity index (χ1v) is 11.8. The van der Waals surface area contributed by atoms with Crippen LogP contribution in [0.25, 0.3) is 0 Å². The number of aromatic nitrogens is 2. The number of benzene rings is 1. The van der Waals surface area contributed by atoms with E-state index >= 15 is 0 Å². The molecule has 1 fully saturated rings. The van der Waals surface area contributed by atoms with Gasteiger partial charge in [0.2, 0.25) is 5.91 Å². The molecule has 3 N–H and O–H groups in total. The lowest BCUT2D eigenvalue weighted by atomic mass is 9.81. The van der Waals surface area contributed by atoms with Gasteiger partial charge in [-0.3, -0.25) is 14.5 Å². The van der Waals surface area contributed by atoms with Crippen LogP contribution in [0.3, 0.4) is 0 Å². The predicted octanol–water partition coefficient (Wildman–Crippen LogP) is 3.01. The number of hydrogen-bond acceptors (Lipinski definition) is 7. The highest BCUT2D eigenvalue weighted by atomic mass is 32.1. The number of β-lactam (4-membered cyclic amide) rings is 1. The zero-order valence-corrected chi connectivity index (χ0v) is 19.7. The van der Waals surface area contributed by atoms with E-state index in [0.29, 0.717) is 17.9 Å². The second kappa shape index (κ2) is 10.0. The lowest BCUT2D eigenvalue weighted by Crippen LogP contribution is -2.70. The summed E-state index contributed by atoms with van der Waals surface area (Å²) in [6, 6.07) is 11.1. The minimum Gasteiger partial charge on any atom is -0.384 e. The molecular weight excluding hydrogens is 452 g/mol. The number of carbonyl (C=O) groups excluding carboxylic acids is 3. The molecule has 0 saturated carbocycles. The molecule has 10 heteroatoms. The Morgan fingerprint density at radius 3 is 2.68 bits per heavy atom. The zero-order valence-electron chi connectivity index (χ0n) is 18.9. The number of carbonyl (C=O) groups is 3. The van der Waals surface area contributed by atoms with Crippen molar-refractivity contribution in [3.63, 3.8) is 0 Å². The Morgan fingerprint density at radius 1 is 1.26 bits per heavy atom. The molecule has 1 aliphatic heterocycles. The Morgan fingerprint density at radius 2 is 2.03 bits per heavy atom. The molecule has 3 aromatic rings. The van der Waals surface area contributed by atoms with E-state index in [1.165, 1.54) is 16.4 Å². The van der Waals surface area contributed by atoms with Gasteiger partial charge in [-0.2, -0.15) is 4.37 Å². The summed E-state index contributed by atoms with van der Waals surface area (Å²) in [5, 5.41) is 4.66. The largest absolute Gasteiger partial charge is 0.384 e. The van der Waals surface area contributed by atoms with E-state index in [0.717, 1.165) is 16.0 Å². The Labute approximate surface area is 201 Å². The third kappa shape index (κ3) is 4.62. The SMILES string of the molecule is CC[C@@H](NC(=O)N1C(=O)C(Cc2ccnc(N)c2)[C@H]1C(=O)N(C)c1cnsc1)c1ccccc1. The maximum atomic E-state index is 13.5. The summed E-state index contributed by atoms with van der Waals surface area (Å²) in [6.45, 7) is 1.95. The van der Waals surface area contributed by atoms with Gasteiger partial charge in [-0.25, -0.2) is 9.78 Å².